The van der Waals surface area contributed by atoms with Crippen molar-refractivity contribution in [3.05, 3.63) is 65.2 Å². The molecule has 0 fully saturated rings. The summed E-state index contributed by atoms with van der Waals surface area (Å²) in [5.74, 6) is 0.287. The molecule has 3 aromatic rings. The first kappa shape index (κ1) is 20.9. The molecule has 0 unspecified atom stereocenters. The van der Waals surface area contributed by atoms with Gasteiger partial charge in [-0.15, -0.1) is 10.2 Å². The second-order valence-corrected chi connectivity index (χ2v) is 9.18. The van der Waals surface area contributed by atoms with Gasteiger partial charge in [0.15, 0.2) is 0 Å². The first-order valence-electron chi connectivity index (χ1n) is 8.74. The zero-order valence-electron chi connectivity index (χ0n) is 15.9. The molecule has 0 atom stereocenters. The molecule has 2 N–H and O–H groups in total. The van der Waals surface area contributed by atoms with E-state index in [4.69, 9.17) is 4.74 Å². The molecule has 0 saturated carbocycles. The third-order valence-electron chi connectivity index (χ3n) is 3.79. The lowest BCUT2D eigenvalue weighted by atomic mass is 10.1. The molecule has 1 heterocycles. The van der Waals surface area contributed by atoms with Crippen LogP contribution in [0.2, 0.25) is 0 Å². The SMILES string of the molecule is Cc1cccc(OCCNS(=O)(=O)c2nnc(NC(=O)c3cccc(C)c3)s2)c1. The van der Waals surface area contributed by atoms with Crippen molar-refractivity contribution in [1.29, 1.82) is 0 Å². The lowest BCUT2D eigenvalue weighted by Crippen LogP contribution is -2.28. The van der Waals surface area contributed by atoms with E-state index in [1.807, 2.05) is 38.1 Å². The highest BCUT2D eigenvalue weighted by Gasteiger charge is 2.20. The van der Waals surface area contributed by atoms with Crippen LogP contribution in [0.5, 0.6) is 5.75 Å². The molecule has 1 aromatic heterocycles. The molecular weight excluding hydrogens is 412 g/mol. The van der Waals surface area contributed by atoms with Crippen molar-refractivity contribution < 1.29 is 17.9 Å². The van der Waals surface area contributed by atoms with Crippen molar-refractivity contribution in [2.24, 2.45) is 0 Å². The minimum atomic E-state index is -3.85. The van der Waals surface area contributed by atoms with E-state index in [0.29, 0.717) is 11.3 Å². The minimum absolute atomic E-state index is 0.0703. The number of hydrogen-bond acceptors (Lipinski definition) is 7. The molecule has 10 heteroatoms. The standard InChI is InChI=1S/C19H20N4O4S2/c1-13-5-3-7-15(11-13)17(24)21-18-22-23-19(28-18)29(25,26)20-9-10-27-16-8-4-6-14(2)12-16/h3-8,11-12,20H,9-10H2,1-2H3,(H,21,22,24). The molecule has 8 nitrogen and oxygen atoms in total. The Kier molecular flexibility index (Phi) is 6.57. The van der Waals surface area contributed by atoms with Crippen molar-refractivity contribution in [1.82, 2.24) is 14.9 Å². The van der Waals surface area contributed by atoms with Gasteiger partial charge in [0.05, 0.1) is 0 Å². The Labute approximate surface area is 173 Å². The van der Waals surface area contributed by atoms with Gasteiger partial charge in [-0.05, 0) is 43.7 Å². The summed E-state index contributed by atoms with van der Waals surface area (Å²) < 4.78 is 32.4. The molecule has 0 saturated heterocycles. The van der Waals surface area contributed by atoms with E-state index in [0.717, 1.165) is 22.5 Å². The van der Waals surface area contributed by atoms with E-state index in [2.05, 4.69) is 20.2 Å². The number of amides is 1. The quantitative estimate of drug-likeness (QED) is 0.418. The van der Waals surface area contributed by atoms with Gasteiger partial charge < -0.3 is 4.74 Å². The van der Waals surface area contributed by atoms with Crippen molar-refractivity contribution in [2.45, 2.75) is 18.2 Å². The monoisotopic (exact) mass is 432 g/mol. The number of nitrogens with zero attached hydrogens (tertiary/aromatic N) is 2. The Morgan fingerprint density at radius 2 is 1.79 bits per heavy atom. The second kappa shape index (κ2) is 9.12. The van der Waals surface area contributed by atoms with Crippen LogP contribution in [-0.4, -0.2) is 37.7 Å². The summed E-state index contributed by atoms with van der Waals surface area (Å²) in [7, 11) is -3.85. The van der Waals surface area contributed by atoms with Gasteiger partial charge in [0.2, 0.25) is 9.47 Å². The maximum atomic E-state index is 12.3. The van der Waals surface area contributed by atoms with Crippen LogP contribution in [0.25, 0.3) is 0 Å². The van der Waals surface area contributed by atoms with Crippen molar-refractivity contribution in [3.63, 3.8) is 0 Å². The van der Waals surface area contributed by atoms with Gasteiger partial charge in [-0.2, -0.15) is 0 Å². The lowest BCUT2D eigenvalue weighted by Gasteiger charge is -2.07. The molecule has 0 bridgehead atoms. The van der Waals surface area contributed by atoms with E-state index in [9.17, 15) is 13.2 Å². The fraction of sp³-hybridized carbons (Fsp3) is 0.211. The number of nitrogens with one attached hydrogen (secondary N) is 2. The smallest absolute Gasteiger partial charge is 0.269 e. The van der Waals surface area contributed by atoms with Crippen LogP contribution >= 0.6 is 11.3 Å². The summed E-state index contributed by atoms with van der Waals surface area (Å²) in [6.07, 6.45) is 0. The summed E-state index contributed by atoms with van der Waals surface area (Å²) >= 11 is 0.778. The average molecular weight is 433 g/mol. The van der Waals surface area contributed by atoms with E-state index in [1.165, 1.54) is 0 Å². The second-order valence-electron chi connectivity index (χ2n) is 6.26. The van der Waals surface area contributed by atoms with Crippen molar-refractivity contribution >= 4 is 32.4 Å². The molecule has 152 valence electrons. The third kappa shape index (κ3) is 5.83. The van der Waals surface area contributed by atoms with Gasteiger partial charge in [-0.3, -0.25) is 10.1 Å². The summed E-state index contributed by atoms with van der Waals surface area (Å²) in [5.41, 5.74) is 2.45. The number of aryl methyl sites for hydroxylation is 2. The largest absolute Gasteiger partial charge is 0.492 e. The first-order chi connectivity index (χ1) is 13.8. The third-order valence-corrected chi connectivity index (χ3v) is 6.46. The van der Waals surface area contributed by atoms with Crippen LogP contribution in [0.1, 0.15) is 21.5 Å². The van der Waals surface area contributed by atoms with Gasteiger partial charge in [0.25, 0.3) is 15.9 Å². The van der Waals surface area contributed by atoms with Crippen LogP contribution in [0, 0.1) is 13.8 Å². The Morgan fingerprint density at radius 3 is 2.52 bits per heavy atom. The molecule has 29 heavy (non-hydrogen) atoms. The summed E-state index contributed by atoms with van der Waals surface area (Å²) in [6, 6.07) is 14.5. The Morgan fingerprint density at radius 1 is 1.07 bits per heavy atom. The van der Waals surface area contributed by atoms with Crippen LogP contribution in [0.4, 0.5) is 5.13 Å². The number of aromatic nitrogens is 2. The predicted molar refractivity (Wildman–Crippen MR) is 111 cm³/mol. The number of rotatable bonds is 8. The summed E-state index contributed by atoms with van der Waals surface area (Å²) in [4.78, 5) is 12.2. The Bertz CT molecular complexity index is 1110. The van der Waals surface area contributed by atoms with Crippen molar-refractivity contribution in [2.75, 3.05) is 18.5 Å². The van der Waals surface area contributed by atoms with Crippen LogP contribution in [0.15, 0.2) is 52.9 Å². The normalized spacial score (nSPS) is 11.2. The van der Waals surface area contributed by atoms with Crippen LogP contribution in [-0.2, 0) is 10.0 Å². The topological polar surface area (TPSA) is 110 Å². The van der Waals surface area contributed by atoms with Crippen LogP contribution in [0.3, 0.4) is 0 Å². The maximum absolute atomic E-state index is 12.3. The molecule has 0 radical (unpaired) electrons. The number of benzene rings is 2. The number of ether oxygens (including phenoxy) is 1. The van der Waals surface area contributed by atoms with Crippen molar-refractivity contribution in [3.8, 4) is 5.75 Å². The average Bonchev–Trinajstić information content (AvgIpc) is 3.15. The van der Waals surface area contributed by atoms with E-state index < -0.39 is 10.0 Å². The van der Waals surface area contributed by atoms with E-state index in [-0.39, 0.29) is 28.5 Å². The van der Waals surface area contributed by atoms with Gasteiger partial charge >= 0.3 is 0 Å². The molecule has 0 aliphatic heterocycles. The molecule has 1 amide bonds. The number of hydrogen-bond donors (Lipinski definition) is 2. The summed E-state index contributed by atoms with van der Waals surface area (Å²) in [5, 5.41) is 10.1. The molecule has 0 aliphatic carbocycles. The highest BCUT2D eigenvalue weighted by molar-refractivity contribution is 7.91. The number of sulfonamides is 1. The fourth-order valence-corrected chi connectivity index (χ4v) is 4.38. The van der Waals surface area contributed by atoms with Crippen LogP contribution < -0.4 is 14.8 Å². The van der Waals surface area contributed by atoms with Gasteiger partial charge in [-0.1, -0.05) is 41.2 Å². The van der Waals surface area contributed by atoms with E-state index in [1.54, 1.807) is 24.3 Å². The molecular formula is C19H20N4O4S2. The number of anilines is 1. The first-order valence-corrected chi connectivity index (χ1v) is 11.0. The molecule has 2 aromatic carbocycles. The molecule has 3 rings (SSSR count). The Balaban J connectivity index is 1.54. The lowest BCUT2D eigenvalue weighted by molar-refractivity contribution is 0.102. The number of carbonyl (C=O) groups is 1. The molecule has 0 aliphatic rings. The molecule has 0 spiro atoms. The minimum Gasteiger partial charge on any atom is -0.492 e. The zero-order chi connectivity index (χ0) is 20.9. The maximum Gasteiger partial charge on any atom is 0.269 e. The van der Waals surface area contributed by atoms with E-state index >= 15 is 0 Å². The predicted octanol–water partition coefficient (Wildman–Crippen LogP) is 2.76. The van der Waals surface area contributed by atoms with Gasteiger partial charge in [0, 0.05) is 12.1 Å². The zero-order valence-corrected chi connectivity index (χ0v) is 17.5. The number of carbonyl (C=O) groups excluding carboxylic acids is 1. The fourth-order valence-electron chi connectivity index (χ4n) is 2.44. The highest BCUT2D eigenvalue weighted by Crippen LogP contribution is 2.20. The highest BCUT2D eigenvalue weighted by atomic mass is 32.2. The van der Waals surface area contributed by atoms with Gasteiger partial charge in [-0.25, -0.2) is 13.1 Å². The summed E-state index contributed by atoms with van der Waals surface area (Å²) in [6.45, 7) is 4.06. The van der Waals surface area contributed by atoms with Gasteiger partial charge in [0.1, 0.15) is 12.4 Å². The Hall–Kier alpha value is -2.82.